The lowest BCUT2D eigenvalue weighted by molar-refractivity contribution is 0.0743. The number of carbonyl (C=O) groups excluding carboxylic acids is 1. The summed E-state index contributed by atoms with van der Waals surface area (Å²) in [5.74, 6) is 0.862. The predicted octanol–water partition coefficient (Wildman–Crippen LogP) is 3.21. The molecule has 1 saturated heterocycles. The van der Waals surface area contributed by atoms with Gasteiger partial charge in [-0.15, -0.1) is 0 Å². The van der Waals surface area contributed by atoms with Crippen LogP contribution in [0.5, 0.6) is 5.75 Å². The lowest BCUT2D eigenvalue weighted by atomic mass is 10.1. The van der Waals surface area contributed by atoms with E-state index in [2.05, 4.69) is 22.0 Å². The number of hydrogen-bond acceptors (Lipinski definition) is 4. The van der Waals surface area contributed by atoms with Crippen LogP contribution >= 0.6 is 0 Å². The zero-order chi connectivity index (χ0) is 17.9. The summed E-state index contributed by atoms with van der Waals surface area (Å²) in [5, 5.41) is 1.96. The van der Waals surface area contributed by atoms with Crippen LogP contribution in [0.15, 0.2) is 60.8 Å². The highest BCUT2D eigenvalue weighted by Crippen LogP contribution is 2.22. The van der Waals surface area contributed by atoms with Crippen molar-refractivity contribution in [3.05, 3.63) is 66.5 Å². The summed E-state index contributed by atoms with van der Waals surface area (Å²) >= 11 is 0. The third kappa shape index (κ3) is 3.08. The first kappa shape index (κ1) is 16.4. The van der Waals surface area contributed by atoms with Crippen molar-refractivity contribution in [3.63, 3.8) is 0 Å². The highest BCUT2D eigenvalue weighted by Gasteiger charge is 2.24. The number of nitrogens with zero attached hydrogens (tertiary/aromatic N) is 3. The quantitative estimate of drug-likeness (QED) is 0.730. The number of pyridine rings is 1. The fourth-order valence-electron chi connectivity index (χ4n) is 3.40. The van der Waals surface area contributed by atoms with Gasteiger partial charge in [-0.2, -0.15) is 0 Å². The van der Waals surface area contributed by atoms with Crippen molar-refractivity contribution in [3.8, 4) is 5.75 Å². The molecule has 1 aliphatic rings. The molecule has 132 valence electrons. The Balaban J connectivity index is 1.48. The number of aromatic nitrogens is 1. The summed E-state index contributed by atoms with van der Waals surface area (Å²) in [5.41, 5.74) is 1.70. The number of rotatable bonds is 3. The molecule has 0 N–H and O–H groups in total. The van der Waals surface area contributed by atoms with Crippen LogP contribution in [0.4, 0.5) is 5.69 Å². The molecule has 1 fully saturated rings. The third-order valence-electron chi connectivity index (χ3n) is 4.88. The van der Waals surface area contributed by atoms with Crippen molar-refractivity contribution >= 4 is 22.4 Å². The number of fused-ring (bicyclic) bond motifs is 1. The van der Waals surface area contributed by atoms with Crippen molar-refractivity contribution in [2.45, 2.75) is 0 Å². The molecule has 0 radical (unpaired) electrons. The summed E-state index contributed by atoms with van der Waals surface area (Å²) < 4.78 is 5.21. The Morgan fingerprint density at radius 2 is 1.69 bits per heavy atom. The monoisotopic (exact) mass is 347 g/mol. The van der Waals surface area contributed by atoms with Crippen LogP contribution in [0, 0.1) is 0 Å². The fraction of sp³-hybridized carbons (Fsp3) is 0.238. The van der Waals surface area contributed by atoms with Gasteiger partial charge >= 0.3 is 0 Å². The van der Waals surface area contributed by atoms with E-state index >= 15 is 0 Å². The molecule has 26 heavy (non-hydrogen) atoms. The van der Waals surface area contributed by atoms with Gasteiger partial charge in [0.05, 0.1) is 7.11 Å². The molecule has 4 rings (SSSR count). The van der Waals surface area contributed by atoms with Crippen LogP contribution in [0.3, 0.4) is 0 Å². The topological polar surface area (TPSA) is 45.7 Å². The maximum absolute atomic E-state index is 13.0. The largest absolute Gasteiger partial charge is 0.497 e. The number of methoxy groups -OCH3 is 1. The lowest BCUT2D eigenvalue weighted by Crippen LogP contribution is -2.49. The second-order valence-corrected chi connectivity index (χ2v) is 6.36. The van der Waals surface area contributed by atoms with E-state index in [1.54, 1.807) is 13.3 Å². The number of anilines is 1. The van der Waals surface area contributed by atoms with E-state index < -0.39 is 0 Å². The van der Waals surface area contributed by atoms with Crippen molar-refractivity contribution in [2.24, 2.45) is 0 Å². The van der Waals surface area contributed by atoms with Gasteiger partial charge in [-0.1, -0.05) is 24.3 Å². The average molecular weight is 347 g/mol. The molecule has 1 aromatic heterocycles. The zero-order valence-electron chi connectivity index (χ0n) is 14.8. The van der Waals surface area contributed by atoms with Crippen LogP contribution in [-0.2, 0) is 0 Å². The molecule has 0 unspecified atom stereocenters. The molecule has 0 bridgehead atoms. The van der Waals surface area contributed by atoms with Gasteiger partial charge in [0, 0.05) is 43.4 Å². The average Bonchev–Trinajstić information content (AvgIpc) is 2.73. The second kappa shape index (κ2) is 7.04. The highest BCUT2D eigenvalue weighted by atomic mass is 16.5. The molecule has 2 aromatic carbocycles. The Hall–Kier alpha value is -3.08. The van der Waals surface area contributed by atoms with Gasteiger partial charge in [0.25, 0.3) is 5.91 Å². The maximum atomic E-state index is 13.0. The van der Waals surface area contributed by atoms with E-state index in [1.165, 1.54) is 0 Å². The number of carbonyl (C=O) groups is 1. The van der Waals surface area contributed by atoms with Gasteiger partial charge in [0.1, 0.15) is 11.4 Å². The van der Waals surface area contributed by atoms with E-state index in [-0.39, 0.29) is 5.91 Å². The summed E-state index contributed by atoms with van der Waals surface area (Å²) in [6, 6.07) is 17.9. The lowest BCUT2D eigenvalue weighted by Gasteiger charge is -2.36. The number of amides is 1. The van der Waals surface area contributed by atoms with E-state index in [9.17, 15) is 4.79 Å². The molecule has 5 heteroatoms. The molecule has 0 spiro atoms. The summed E-state index contributed by atoms with van der Waals surface area (Å²) in [7, 11) is 1.67. The third-order valence-corrected chi connectivity index (χ3v) is 4.88. The van der Waals surface area contributed by atoms with E-state index in [1.807, 2.05) is 47.4 Å². The van der Waals surface area contributed by atoms with Crippen LogP contribution < -0.4 is 9.64 Å². The van der Waals surface area contributed by atoms with Crippen LogP contribution in [0.1, 0.15) is 10.5 Å². The van der Waals surface area contributed by atoms with Crippen molar-refractivity contribution in [1.82, 2.24) is 9.88 Å². The second-order valence-electron chi connectivity index (χ2n) is 6.36. The first-order valence-electron chi connectivity index (χ1n) is 8.78. The highest BCUT2D eigenvalue weighted by molar-refractivity contribution is 6.05. The number of benzene rings is 2. The van der Waals surface area contributed by atoms with Gasteiger partial charge in [0.15, 0.2) is 0 Å². The normalized spacial score (nSPS) is 14.5. The van der Waals surface area contributed by atoms with Gasteiger partial charge in [-0.3, -0.25) is 9.78 Å². The molecule has 3 aromatic rings. The Morgan fingerprint density at radius 3 is 2.42 bits per heavy atom. The van der Waals surface area contributed by atoms with Crippen LogP contribution in [0.2, 0.25) is 0 Å². The Bertz CT molecular complexity index is 911. The van der Waals surface area contributed by atoms with Gasteiger partial charge in [-0.25, -0.2) is 0 Å². The number of ether oxygens (including phenoxy) is 1. The van der Waals surface area contributed by atoms with E-state index in [0.717, 1.165) is 35.3 Å². The van der Waals surface area contributed by atoms with Crippen molar-refractivity contribution in [1.29, 1.82) is 0 Å². The Kier molecular flexibility index (Phi) is 4.44. The van der Waals surface area contributed by atoms with E-state index in [0.29, 0.717) is 18.8 Å². The molecular weight excluding hydrogens is 326 g/mol. The smallest absolute Gasteiger partial charge is 0.273 e. The van der Waals surface area contributed by atoms with Crippen LogP contribution in [-0.4, -0.2) is 49.1 Å². The first-order chi connectivity index (χ1) is 12.8. The van der Waals surface area contributed by atoms with Crippen LogP contribution in [0.25, 0.3) is 10.8 Å². The Labute approximate surface area is 152 Å². The minimum absolute atomic E-state index is 0.0104. The number of piperazine rings is 1. The Morgan fingerprint density at radius 1 is 0.962 bits per heavy atom. The summed E-state index contributed by atoms with van der Waals surface area (Å²) in [4.78, 5) is 21.5. The zero-order valence-corrected chi connectivity index (χ0v) is 14.8. The molecule has 1 amide bonds. The molecule has 2 heterocycles. The summed E-state index contributed by atoms with van der Waals surface area (Å²) in [6.07, 6.45) is 1.71. The van der Waals surface area contributed by atoms with E-state index in [4.69, 9.17) is 4.74 Å². The first-order valence-corrected chi connectivity index (χ1v) is 8.78. The number of hydrogen-bond donors (Lipinski definition) is 0. The molecule has 1 aliphatic heterocycles. The van der Waals surface area contributed by atoms with Gasteiger partial charge < -0.3 is 14.5 Å². The SMILES string of the molecule is COc1ccc(N2CCN(C(=O)c3nccc4ccccc34)CC2)cc1. The standard InChI is InChI=1S/C21H21N3O2/c1-26-18-8-6-17(7-9-18)23-12-14-24(15-13-23)21(25)20-19-5-3-2-4-16(19)10-11-22-20/h2-11H,12-15H2,1H3. The van der Waals surface area contributed by atoms with Crippen molar-refractivity contribution in [2.75, 3.05) is 38.2 Å². The summed E-state index contributed by atoms with van der Waals surface area (Å²) in [6.45, 7) is 3.00. The predicted molar refractivity (Wildman–Crippen MR) is 103 cm³/mol. The molecular formula is C21H21N3O2. The fourth-order valence-corrected chi connectivity index (χ4v) is 3.40. The van der Waals surface area contributed by atoms with Crippen molar-refractivity contribution < 1.29 is 9.53 Å². The molecule has 5 nitrogen and oxygen atoms in total. The molecule has 0 saturated carbocycles. The maximum Gasteiger partial charge on any atom is 0.273 e. The minimum atomic E-state index is 0.0104. The molecule has 0 atom stereocenters. The molecule has 0 aliphatic carbocycles. The minimum Gasteiger partial charge on any atom is -0.497 e. The van der Waals surface area contributed by atoms with Gasteiger partial charge in [-0.05, 0) is 35.7 Å². The van der Waals surface area contributed by atoms with Gasteiger partial charge in [0.2, 0.25) is 0 Å².